The van der Waals surface area contributed by atoms with E-state index in [0.29, 0.717) is 24.4 Å². The van der Waals surface area contributed by atoms with Gasteiger partial charge in [-0.25, -0.2) is 4.79 Å². The first-order chi connectivity index (χ1) is 14.0. The Balaban J connectivity index is 1.63. The number of nitrogens with one attached hydrogen (secondary N) is 2. The molecule has 0 aliphatic carbocycles. The van der Waals surface area contributed by atoms with E-state index in [1.54, 1.807) is 49.5 Å². The second-order valence-corrected chi connectivity index (χ2v) is 6.52. The predicted molar refractivity (Wildman–Crippen MR) is 112 cm³/mol. The molecule has 3 aromatic rings. The second kappa shape index (κ2) is 9.50. The van der Waals surface area contributed by atoms with E-state index in [0.717, 1.165) is 22.5 Å². The largest absolute Gasteiger partial charge is 0.462 e. The molecule has 0 saturated heterocycles. The van der Waals surface area contributed by atoms with Gasteiger partial charge in [0.15, 0.2) is 0 Å². The number of anilines is 2. The second-order valence-electron chi connectivity index (χ2n) is 6.52. The van der Waals surface area contributed by atoms with Crippen molar-refractivity contribution in [1.82, 2.24) is 10.3 Å². The summed E-state index contributed by atoms with van der Waals surface area (Å²) in [6, 6.07) is 18.4. The van der Waals surface area contributed by atoms with E-state index in [1.807, 2.05) is 31.2 Å². The van der Waals surface area contributed by atoms with Crippen molar-refractivity contribution in [3.63, 3.8) is 0 Å². The van der Waals surface area contributed by atoms with Crippen molar-refractivity contribution < 1.29 is 14.3 Å². The zero-order valence-electron chi connectivity index (χ0n) is 16.4. The molecule has 0 spiro atoms. The Bertz CT molecular complexity index is 1000. The molecule has 0 aliphatic heterocycles. The molecule has 0 fully saturated rings. The molecule has 0 atom stereocenters. The van der Waals surface area contributed by atoms with E-state index in [-0.39, 0.29) is 11.9 Å². The summed E-state index contributed by atoms with van der Waals surface area (Å²) < 4.78 is 4.98. The third-order valence-electron chi connectivity index (χ3n) is 4.21. The van der Waals surface area contributed by atoms with Gasteiger partial charge in [0.1, 0.15) is 5.69 Å². The van der Waals surface area contributed by atoms with Gasteiger partial charge in [0, 0.05) is 24.1 Å². The van der Waals surface area contributed by atoms with E-state index in [1.165, 1.54) is 0 Å². The summed E-state index contributed by atoms with van der Waals surface area (Å²) in [5.41, 5.74) is 4.51. The number of nitrogens with zero attached hydrogens (tertiary/aromatic N) is 1. The Morgan fingerprint density at radius 3 is 2.52 bits per heavy atom. The molecule has 1 heterocycles. The normalized spacial score (nSPS) is 10.3. The topological polar surface area (TPSA) is 80.3 Å². The van der Waals surface area contributed by atoms with Crippen molar-refractivity contribution in [3.05, 3.63) is 89.2 Å². The lowest BCUT2D eigenvalue weighted by Gasteiger charge is -2.09. The summed E-state index contributed by atoms with van der Waals surface area (Å²) in [4.78, 5) is 28.3. The van der Waals surface area contributed by atoms with Gasteiger partial charge in [0.2, 0.25) is 0 Å². The molecule has 6 nitrogen and oxygen atoms in total. The Hall–Kier alpha value is -3.67. The first kappa shape index (κ1) is 20.1. The summed E-state index contributed by atoms with van der Waals surface area (Å²) in [7, 11) is 0. The number of aryl methyl sites for hydroxylation is 1. The zero-order chi connectivity index (χ0) is 20.6. The average molecular weight is 389 g/mol. The minimum Gasteiger partial charge on any atom is -0.462 e. The maximum atomic E-state index is 12.4. The molecule has 0 aliphatic rings. The third kappa shape index (κ3) is 5.65. The lowest BCUT2D eigenvalue weighted by atomic mass is 10.1. The van der Waals surface area contributed by atoms with Crippen molar-refractivity contribution in [1.29, 1.82) is 0 Å². The van der Waals surface area contributed by atoms with E-state index in [9.17, 15) is 9.59 Å². The number of amides is 1. The third-order valence-corrected chi connectivity index (χ3v) is 4.21. The maximum absolute atomic E-state index is 12.4. The molecule has 2 N–H and O–H groups in total. The molecular weight excluding hydrogens is 366 g/mol. The van der Waals surface area contributed by atoms with Crippen LogP contribution >= 0.6 is 0 Å². The van der Waals surface area contributed by atoms with Gasteiger partial charge < -0.3 is 15.4 Å². The van der Waals surface area contributed by atoms with E-state index < -0.39 is 0 Å². The van der Waals surface area contributed by atoms with E-state index >= 15 is 0 Å². The highest BCUT2D eigenvalue weighted by Crippen LogP contribution is 2.18. The Morgan fingerprint density at radius 1 is 1.00 bits per heavy atom. The van der Waals surface area contributed by atoms with Crippen LogP contribution in [0.1, 0.15) is 38.9 Å². The van der Waals surface area contributed by atoms with Crippen LogP contribution in [0.3, 0.4) is 0 Å². The number of benzene rings is 2. The lowest BCUT2D eigenvalue weighted by molar-refractivity contribution is 0.0526. The smallest absolute Gasteiger partial charge is 0.338 e. The first-order valence-corrected chi connectivity index (χ1v) is 9.39. The number of esters is 1. The Morgan fingerprint density at radius 2 is 1.79 bits per heavy atom. The monoisotopic (exact) mass is 389 g/mol. The average Bonchev–Trinajstić information content (AvgIpc) is 2.73. The molecule has 1 amide bonds. The summed E-state index contributed by atoms with van der Waals surface area (Å²) in [6.07, 6.45) is 1.58. The van der Waals surface area contributed by atoms with E-state index in [2.05, 4.69) is 15.6 Å². The van der Waals surface area contributed by atoms with Crippen LogP contribution in [0.4, 0.5) is 11.4 Å². The quantitative estimate of drug-likeness (QED) is 0.591. The predicted octanol–water partition coefficient (Wildman–Crippen LogP) is 4.24. The zero-order valence-corrected chi connectivity index (χ0v) is 16.4. The molecule has 2 aromatic carbocycles. The Labute approximate surface area is 169 Å². The number of ether oxygens (including phenoxy) is 1. The van der Waals surface area contributed by atoms with Gasteiger partial charge in [-0.1, -0.05) is 29.8 Å². The highest BCUT2D eigenvalue weighted by Gasteiger charge is 2.09. The van der Waals surface area contributed by atoms with Crippen LogP contribution in [0.2, 0.25) is 0 Å². The fourth-order valence-electron chi connectivity index (χ4n) is 2.80. The van der Waals surface area contributed by atoms with Gasteiger partial charge in [-0.3, -0.25) is 9.78 Å². The van der Waals surface area contributed by atoms with Crippen LogP contribution in [0.5, 0.6) is 0 Å². The number of pyridine rings is 1. The van der Waals surface area contributed by atoms with Gasteiger partial charge in [0.05, 0.1) is 12.2 Å². The molecule has 29 heavy (non-hydrogen) atoms. The molecule has 6 heteroatoms. The van der Waals surface area contributed by atoms with Crippen LogP contribution in [0.15, 0.2) is 66.9 Å². The first-order valence-electron chi connectivity index (χ1n) is 9.39. The fourth-order valence-corrected chi connectivity index (χ4v) is 2.80. The van der Waals surface area contributed by atoms with E-state index in [4.69, 9.17) is 4.74 Å². The van der Waals surface area contributed by atoms with Crippen molar-refractivity contribution in [2.75, 3.05) is 11.9 Å². The number of hydrogen-bond donors (Lipinski definition) is 2. The van der Waals surface area contributed by atoms with Crippen LogP contribution in [-0.2, 0) is 11.3 Å². The van der Waals surface area contributed by atoms with Crippen molar-refractivity contribution in [2.24, 2.45) is 0 Å². The number of carbonyl (C=O) groups excluding carboxylic acids is 2. The maximum Gasteiger partial charge on any atom is 0.338 e. The van der Waals surface area contributed by atoms with Gasteiger partial charge in [-0.15, -0.1) is 0 Å². The van der Waals surface area contributed by atoms with Gasteiger partial charge in [0.25, 0.3) is 5.91 Å². The van der Waals surface area contributed by atoms with Gasteiger partial charge >= 0.3 is 5.97 Å². The summed E-state index contributed by atoms with van der Waals surface area (Å²) in [6.45, 7) is 4.56. The lowest BCUT2D eigenvalue weighted by Crippen LogP contribution is -2.23. The summed E-state index contributed by atoms with van der Waals surface area (Å²) in [5, 5.41) is 6.09. The molecular formula is C23H23N3O3. The van der Waals surface area contributed by atoms with Crippen LogP contribution in [-0.4, -0.2) is 23.5 Å². The molecule has 0 unspecified atom stereocenters. The van der Waals surface area contributed by atoms with Crippen LogP contribution in [0.25, 0.3) is 0 Å². The molecule has 0 bridgehead atoms. The minimum atomic E-state index is -0.351. The van der Waals surface area contributed by atoms with Crippen molar-refractivity contribution in [3.8, 4) is 0 Å². The minimum absolute atomic E-state index is 0.243. The highest BCUT2D eigenvalue weighted by molar-refractivity contribution is 5.93. The van der Waals surface area contributed by atoms with Gasteiger partial charge in [-0.05, 0) is 55.8 Å². The summed E-state index contributed by atoms with van der Waals surface area (Å²) in [5.74, 6) is -0.594. The number of rotatable bonds is 7. The van der Waals surface area contributed by atoms with Crippen molar-refractivity contribution in [2.45, 2.75) is 20.4 Å². The molecule has 148 valence electrons. The molecule has 0 radical (unpaired) electrons. The number of carbonyl (C=O) groups is 2. The Kier molecular flexibility index (Phi) is 6.58. The SMILES string of the molecule is CCOC(=O)c1ccc(Nc2ccnc(C(=O)NCc3cccc(C)c3)c2)cc1. The van der Waals surface area contributed by atoms with Crippen molar-refractivity contribution >= 4 is 23.3 Å². The molecule has 0 saturated carbocycles. The molecule has 3 rings (SSSR count). The summed E-state index contributed by atoms with van der Waals surface area (Å²) >= 11 is 0. The van der Waals surface area contributed by atoms with Gasteiger partial charge in [-0.2, -0.15) is 0 Å². The van der Waals surface area contributed by atoms with Crippen LogP contribution in [0, 0.1) is 6.92 Å². The fraction of sp³-hybridized carbons (Fsp3) is 0.174. The highest BCUT2D eigenvalue weighted by atomic mass is 16.5. The van der Waals surface area contributed by atoms with Crippen LogP contribution < -0.4 is 10.6 Å². The molecule has 1 aromatic heterocycles. The number of hydrogen-bond acceptors (Lipinski definition) is 5. The standard InChI is InChI=1S/C23H23N3O3/c1-3-29-23(28)18-7-9-19(10-8-18)26-20-11-12-24-21(14-20)22(27)25-15-17-6-4-5-16(2)13-17/h4-14H,3,15H2,1-2H3,(H,24,26)(H,25,27). The number of aromatic nitrogens is 1.